The van der Waals surface area contributed by atoms with Gasteiger partial charge in [0, 0.05) is 23.1 Å². The molecule has 28 heavy (non-hydrogen) atoms. The van der Waals surface area contributed by atoms with Crippen LogP contribution >= 0.6 is 23.1 Å². The van der Waals surface area contributed by atoms with Gasteiger partial charge in [0.25, 0.3) is 0 Å². The Morgan fingerprint density at radius 2 is 2.04 bits per heavy atom. The molecule has 6 heteroatoms. The van der Waals surface area contributed by atoms with E-state index in [1.807, 2.05) is 0 Å². The SMILES string of the molecule is CC1(C)Cc2nc3sc4c(SCCc5ccccc5)ncnc4c3cc2CO1. The molecule has 4 aromatic rings. The van der Waals surface area contributed by atoms with Gasteiger partial charge >= 0.3 is 0 Å². The van der Waals surface area contributed by atoms with Gasteiger partial charge in [0.15, 0.2) is 0 Å². The van der Waals surface area contributed by atoms with Crippen LogP contribution in [0.25, 0.3) is 20.4 Å². The molecule has 3 aromatic heterocycles. The highest BCUT2D eigenvalue weighted by atomic mass is 32.2. The fourth-order valence-electron chi connectivity index (χ4n) is 3.58. The van der Waals surface area contributed by atoms with Crippen LogP contribution in [-0.2, 0) is 24.2 Å². The third-order valence-corrected chi connectivity index (χ3v) is 7.28. The van der Waals surface area contributed by atoms with Crippen LogP contribution in [0.5, 0.6) is 0 Å². The highest BCUT2D eigenvalue weighted by Crippen LogP contribution is 2.39. The summed E-state index contributed by atoms with van der Waals surface area (Å²) in [4.78, 5) is 15.2. The highest BCUT2D eigenvalue weighted by molar-refractivity contribution is 7.99. The molecule has 4 nitrogen and oxygen atoms in total. The lowest BCUT2D eigenvalue weighted by molar-refractivity contribution is -0.0411. The average molecular weight is 408 g/mol. The molecule has 0 amide bonds. The summed E-state index contributed by atoms with van der Waals surface area (Å²) in [6.45, 7) is 4.87. The maximum absolute atomic E-state index is 5.97. The van der Waals surface area contributed by atoms with Crippen LogP contribution in [0.2, 0.25) is 0 Å². The number of fused-ring (bicyclic) bond motifs is 4. The zero-order valence-corrected chi connectivity index (χ0v) is 17.6. The monoisotopic (exact) mass is 407 g/mol. The van der Waals surface area contributed by atoms with Crippen molar-refractivity contribution in [3.8, 4) is 0 Å². The molecule has 0 fully saturated rings. The van der Waals surface area contributed by atoms with E-state index in [0.717, 1.165) is 49.7 Å². The number of pyridine rings is 1. The van der Waals surface area contributed by atoms with Gasteiger partial charge in [0.2, 0.25) is 0 Å². The van der Waals surface area contributed by atoms with Crippen LogP contribution in [0.3, 0.4) is 0 Å². The molecule has 0 aliphatic carbocycles. The Balaban J connectivity index is 1.48. The third kappa shape index (κ3) is 3.41. The molecule has 0 atom stereocenters. The van der Waals surface area contributed by atoms with E-state index in [1.54, 1.807) is 29.4 Å². The molecule has 5 rings (SSSR count). The van der Waals surface area contributed by atoms with E-state index in [1.165, 1.54) is 11.1 Å². The lowest BCUT2D eigenvalue weighted by Crippen LogP contribution is -2.32. The van der Waals surface area contributed by atoms with E-state index in [-0.39, 0.29) is 5.60 Å². The highest BCUT2D eigenvalue weighted by Gasteiger charge is 2.28. The zero-order valence-electron chi connectivity index (χ0n) is 15.9. The number of aromatic nitrogens is 3. The molecule has 1 aliphatic rings. The van der Waals surface area contributed by atoms with Crippen LogP contribution in [-0.4, -0.2) is 26.3 Å². The van der Waals surface area contributed by atoms with Crippen molar-refractivity contribution in [2.45, 2.75) is 43.9 Å². The Bertz CT molecular complexity index is 1150. The first-order valence-corrected chi connectivity index (χ1v) is 11.3. The van der Waals surface area contributed by atoms with Crippen molar-refractivity contribution in [3.63, 3.8) is 0 Å². The fourth-order valence-corrected chi connectivity index (χ4v) is 5.77. The second-order valence-electron chi connectivity index (χ2n) is 7.71. The van der Waals surface area contributed by atoms with Gasteiger partial charge in [-0.25, -0.2) is 15.0 Å². The molecule has 0 unspecified atom stereocenters. The molecule has 0 spiro atoms. The number of aryl methyl sites for hydroxylation is 1. The number of thiophene rings is 1. The average Bonchev–Trinajstić information content (AvgIpc) is 3.05. The number of benzene rings is 1. The first-order chi connectivity index (χ1) is 13.6. The van der Waals surface area contributed by atoms with E-state index in [4.69, 9.17) is 9.72 Å². The molecule has 4 heterocycles. The lowest BCUT2D eigenvalue weighted by Gasteiger charge is -2.30. The van der Waals surface area contributed by atoms with Gasteiger partial charge in [0.05, 0.1) is 28.1 Å². The topological polar surface area (TPSA) is 47.9 Å². The predicted octanol–water partition coefficient (Wildman–Crippen LogP) is 5.43. The molecule has 0 saturated heterocycles. The van der Waals surface area contributed by atoms with E-state index in [9.17, 15) is 0 Å². The summed E-state index contributed by atoms with van der Waals surface area (Å²) in [5.41, 5.74) is 4.55. The van der Waals surface area contributed by atoms with Crippen molar-refractivity contribution in [1.82, 2.24) is 15.0 Å². The lowest BCUT2D eigenvalue weighted by atomic mass is 9.95. The Hall–Kier alpha value is -2.02. The summed E-state index contributed by atoms with van der Waals surface area (Å²) in [7, 11) is 0. The largest absolute Gasteiger partial charge is 0.370 e. The Morgan fingerprint density at radius 1 is 1.18 bits per heavy atom. The van der Waals surface area contributed by atoms with Crippen molar-refractivity contribution in [2.24, 2.45) is 0 Å². The standard InChI is InChI=1S/C22H21N3OS2/c1-22(2)11-17-15(12-26-22)10-16-18-19(28-20(16)25-17)21(24-13-23-18)27-9-8-14-6-4-3-5-7-14/h3-7,10,13H,8-9,11-12H2,1-2H3. The van der Waals surface area contributed by atoms with E-state index in [0.29, 0.717) is 6.61 Å². The second-order valence-corrected chi connectivity index (χ2v) is 9.80. The Morgan fingerprint density at radius 3 is 2.89 bits per heavy atom. The van der Waals surface area contributed by atoms with Crippen LogP contribution in [0.4, 0.5) is 0 Å². The molecule has 0 radical (unpaired) electrons. The van der Waals surface area contributed by atoms with Gasteiger partial charge in [-0.3, -0.25) is 0 Å². The van der Waals surface area contributed by atoms with Gasteiger partial charge in [-0.15, -0.1) is 23.1 Å². The molecular formula is C22H21N3OS2. The number of hydrogen-bond donors (Lipinski definition) is 0. The Labute approximate surface area is 172 Å². The minimum Gasteiger partial charge on any atom is -0.370 e. The number of rotatable bonds is 4. The van der Waals surface area contributed by atoms with E-state index < -0.39 is 0 Å². The third-order valence-electron chi connectivity index (χ3n) is 5.07. The maximum atomic E-state index is 5.97. The predicted molar refractivity (Wildman–Crippen MR) is 116 cm³/mol. The van der Waals surface area contributed by atoms with Crippen molar-refractivity contribution < 1.29 is 4.74 Å². The summed E-state index contributed by atoms with van der Waals surface area (Å²) >= 11 is 3.51. The van der Waals surface area contributed by atoms with Crippen molar-refractivity contribution in [1.29, 1.82) is 0 Å². The first kappa shape index (κ1) is 18.0. The minimum atomic E-state index is -0.150. The Kier molecular flexibility index (Phi) is 4.57. The normalized spacial score (nSPS) is 15.8. The minimum absolute atomic E-state index is 0.150. The van der Waals surface area contributed by atoms with Crippen LogP contribution in [0, 0.1) is 0 Å². The number of ether oxygens (including phenoxy) is 1. The molecule has 142 valence electrons. The number of nitrogens with zero attached hydrogens (tertiary/aromatic N) is 3. The van der Waals surface area contributed by atoms with Gasteiger partial charge in [-0.05, 0) is 31.9 Å². The maximum Gasteiger partial charge on any atom is 0.126 e. The fraction of sp³-hybridized carbons (Fsp3) is 0.318. The zero-order chi connectivity index (χ0) is 19.1. The summed E-state index contributed by atoms with van der Waals surface area (Å²) < 4.78 is 7.12. The van der Waals surface area contributed by atoms with E-state index >= 15 is 0 Å². The van der Waals surface area contributed by atoms with Crippen molar-refractivity contribution >= 4 is 43.5 Å². The molecular weight excluding hydrogens is 386 g/mol. The van der Waals surface area contributed by atoms with Gasteiger partial charge in [-0.2, -0.15) is 0 Å². The van der Waals surface area contributed by atoms with Crippen LogP contribution in [0.15, 0.2) is 47.8 Å². The van der Waals surface area contributed by atoms with Crippen molar-refractivity contribution in [2.75, 3.05) is 5.75 Å². The summed E-state index contributed by atoms with van der Waals surface area (Å²) in [6.07, 6.45) is 3.55. The smallest absolute Gasteiger partial charge is 0.126 e. The molecule has 1 aromatic carbocycles. The van der Waals surface area contributed by atoms with Crippen molar-refractivity contribution in [3.05, 3.63) is 59.5 Å². The first-order valence-electron chi connectivity index (χ1n) is 9.46. The molecule has 0 N–H and O–H groups in total. The molecule has 1 aliphatic heterocycles. The van der Waals surface area contributed by atoms with Gasteiger partial charge in [-0.1, -0.05) is 30.3 Å². The van der Waals surface area contributed by atoms with E-state index in [2.05, 4.69) is 60.2 Å². The summed E-state index contributed by atoms with van der Waals surface area (Å²) in [6, 6.07) is 12.8. The van der Waals surface area contributed by atoms with Crippen LogP contribution < -0.4 is 0 Å². The van der Waals surface area contributed by atoms with Gasteiger partial charge < -0.3 is 4.74 Å². The summed E-state index contributed by atoms with van der Waals surface area (Å²) in [5.74, 6) is 0.996. The summed E-state index contributed by atoms with van der Waals surface area (Å²) in [5, 5.41) is 2.17. The second kappa shape index (κ2) is 7.10. The number of thioether (sulfide) groups is 1. The molecule has 0 saturated carbocycles. The van der Waals surface area contributed by atoms with Gasteiger partial charge in [0.1, 0.15) is 16.2 Å². The molecule has 0 bridgehead atoms. The van der Waals surface area contributed by atoms with Crippen LogP contribution in [0.1, 0.15) is 30.7 Å². The number of hydrogen-bond acceptors (Lipinski definition) is 6. The quantitative estimate of drug-likeness (QED) is 0.334.